The summed E-state index contributed by atoms with van der Waals surface area (Å²) in [6.45, 7) is 3.06. The summed E-state index contributed by atoms with van der Waals surface area (Å²) in [7, 11) is 0. The van der Waals surface area contributed by atoms with Crippen molar-refractivity contribution in [1.29, 1.82) is 0 Å². The Morgan fingerprint density at radius 3 is 2.89 bits per heavy atom. The van der Waals surface area contributed by atoms with Crippen molar-refractivity contribution in [3.63, 3.8) is 0 Å². The van der Waals surface area contributed by atoms with E-state index in [1.807, 2.05) is 0 Å². The van der Waals surface area contributed by atoms with E-state index in [2.05, 4.69) is 6.92 Å². The van der Waals surface area contributed by atoms with Crippen molar-refractivity contribution >= 4 is 11.6 Å². The van der Waals surface area contributed by atoms with Gasteiger partial charge in [0.2, 0.25) is 0 Å². The van der Waals surface area contributed by atoms with Gasteiger partial charge in [-0.2, -0.15) is 0 Å². The zero-order chi connectivity index (χ0) is 6.69. The molecule has 0 saturated carbocycles. The standard InChI is InChI=1S/C7H13ClO/c1-2-3-4-6(8)7-5-9-7/h6-7H,2-5H2,1H3. The average Bonchev–Trinajstić information content (AvgIpc) is 2.63. The SMILES string of the molecule is CCCCC(Cl)C1CO1. The summed E-state index contributed by atoms with van der Waals surface area (Å²) in [4.78, 5) is 0. The van der Waals surface area contributed by atoms with Gasteiger partial charge < -0.3 is 4.74 Å². The Kier molecular flexibility index (Phi) is 2.80. The van der Waals surface area contributed by atoms with Crippen LogP contribution in [0.15, 0.2) is 0 Å². The minimum atomic E-state index is 0.282. The van der Waals surface area contributed by atoms with Crippen molar-refractivity contribution in [3.05, 3.63) is 0 Å². The Hall–Kier alpha value is 0.250. The lowest BCUT2D eigenvalue weighted by Gasteiger charge is -2.01. The molecule has 1 fully saturated rings. The maximum absolute atomic E-state index is 5.93. The van der Waals surface area contributed by atoms with Crippen molar-refractivity contribution < 1.29 is 4.74 Å². The fraction of sp³-hybridized carbons (Fsp3) is 1.00. The fourth-order valence-electron chi connectivity index (χ4n) is 0.849. The summed E-state index contributed by atoms with van der Waals surface area (Å²) in [6.07, 6.45) is 3.96. The van der Waals surface area contributed by atoms with Crippen LogP contribution in [0.1, 0.15) is 26.2 Å². The molecule has 0 aromatic heterocycles. The molecule has 54 valence electrons. The van der Waals surface area contributed by atoms with Gasteiger partial charge in [0.15, 0.2) is 0 Å². The second-order valence-electron chi connectivity index (χ2n) is 2.53. The third-order valence-corrected chi connectivity index (χ3v) is 2.10. The van der Waals surface area contributed by atoms with Crippen molar-refractivity contribution in [1.82, 2.24) is 0 Å². The van der Waals surface area contributed by atoms with Crippen LogP contribution < -0.4 is 0 Å². The zero-order valence-corrected chi connectivity index (χ0v) is 6.53. The number of epoxide rings is 1. The lowest BCUT2D eigenvalue weighted by molar-refractivity contribution is 0.392. The van der Waals surface area contributed by atoms with Crippen LogP contribution in [0.5, 0.6) is 0 Å². The number of hydrogen-bond donors (Lipinski definition) is 0. The Labute approximate surface area is 61.3 Å². The molecule has 1 heterocycles. The van der Waals surface area contributed by atoms with Crippen molar-refractivity contribution in [2.24, 2.45) is 0 Å². The molecule has 1 saturated heterocycles. The van der Waals surface area contributed by atoms with Gasteiger partial charge in [-0.1, -0.05) is 19.8 Å². The summed E-state index contributed by atoms with van der Waals surface area (Å²) in [5.41, 5.74) is 0. The molecule has 2 heteroatoms. The highest BCUT2D eigenvalue weighted by Crippen LogP contribution is 2.23. The number of alkyl halides is 1. The molecule has 2 atom stereocenters. The lowest BCUT2D eigenvalue weighted by Crippen LogP contribution is -2.06. The van der Waals surface area contributed by atoms with Gasteiger partial charge in [-0.15, -0.1) is 11.6 Å². The first kappa shape index (κ1) is 7.36. The van der Waals surface area contributed by atoms with E-state index >= 15 is 0 Å². The van der Waals surface area contributed by atoms with Gasteiger partial charge in [0.25, 0.3) is 0 Å². The van der Waals surface area contributed by atoms with Gasteiger partial charge in [-0.3, -0.25) is 0 Å². The van der Waals surface area contributed by atoms with E-state index in [1.54, 1.807) is 0 Å². The van der Waals surface area contributed by atoms with Gasteiger partial charge in [-0.25, -0.2) is 0 Å². The summed E-state index contributed by atoms with van der Waals surface area (Å²) >= 11 is 5.93. The predicted molar refractivity (Wildman–Crippen MR) is 38.9 cm³/mol. The van der Waals surface area contributed by atoms with Gasteiger partial charge in [0, 0.05) is 0 Å². The average molecular weight is 149 g/mol. The molecule has 0 radical (unpaired) electrons. The summed E-state index contributed by atoms with van der Waals surface area (Å²) in [5.74, 6) is 0. The molecular formula is C7H13ClO. The summed E-state index contributed by atoms with van der Waals surface area (Å²) < 4.78 is 5.04. The Morgan fingerprint density at radius 2 is 2.44 bits per heavy atom. The van der Waals surface area contributed by atoms with Gasteiger partial charge in [0.1, 0.15) is 0 Å². The molecule has 0 N–H and O–H groups in total. The number of halogens is 1. The second-order valence-corrected chi connectivity index (χ2v) is 3.09. The number of unbranched alkanes of at least 4 members (excludes halogenated alkanes) is 1. The van der Waals surface area contributed by atoms with Crippen molar-refractivity contribution in [3.8, 4) is 0 Å². The molecule has 0 amide bonds. The van der Waals surface area contributed by atoms with Crippen LogP contribution in [-0.4, -0.2) is 18.1 Å². The predicted octanol–water partition coefficient (Wildman–Crippen LogP) is 2.18. The maximum atomic E-state index is 5.93. The van der Waals surface area contributed by atoms with Crippen LogP contribution in [0.2, 0.25) is 0 Å². The van der Waals surface area contributed by atoms with Crippen molar-refractivity contribution in [2.75, 3.05) is 6.61 Å². The molecular weight excluding hydrogens is 136 g/mol. The van der Waals surface area contributed by atoms with E-state index in [1.165, 1.54) is 12.8 Å². The minimum Gasteiger partial charge on any atom is -0.372 e. The van der Waals surface area contributed by atoms with Crippen LogP contribution >= 0.6 is 11.6 Å². The van der Waals surface area contributed by atoms with Crippen LogP contribution in [0.4, 0.5) is 0 Å². The van der Waals surface area contributed by atoms with E-state index in [-0.39, 0.29) is 5.38 Å². The molecule has 9 heavy (non-hydrogen) atoms. The Bertz CT molecular complexity index is 81.0. The first-order valence-corrected chi connectivity index (χ1v) is 4.04. The largest absolute Gasteiger partial charge is 0.372 e. The summed E-state index contributed by atoms with van der Waals surface area (Å²) in [6, 6.07) is 0. The first-order chi connectivity index (χ1) is 4.34. The highest BCUT2D eigenvalue weighted by molar-refractivity contribution is 6.21. The Balaban J connectivity index is 1.96. The first-order valence-electron chi connectivity index (χ1n) is 3.60. The normalized spacial score (nSPS) is 28.0. The molecule has 0 spiro atoms. The monoisotopic (exact) mass is 148 g/mol. The molecule has 0 bridgehead atoms. The van der Waals surface area contributed by atoms with E-state index in [0.29, 0.717) is 6.10 Å². The Morgan fingerprint density at radius 1 is 1.78 bits per heavy atom. The molecule has 1 rings (SSSR count). The van der Waals surface area contributed by atoms with E-state index in [0.717, 1.165) is 13.0 Å². The minimum absolute atomic E-state index is 0.282. The van der Waals surface area contributed by atoms with Crippen LogP contribution in [0, 0.1) is 0 Å². The molecule has 1 aliphatic heterocycles. The highest BCUT2D eigenvalue weighted by Gasteiger charge is 2.30. The number of hydrogen-bond acceptors (Lipinski definition) is 1. The lowest BCUT2D eigenvalue weighted by atomic mass is 10.2. The van der Waals surface area contributed by atoms with Crippen LogP contribution in [0.25, 0.3) is 0 Å². The third-order valence-electron chi connectivity index (χ3n) is 1.60. The topological polar surface area (TPSA) is 12.5 Å². The van der Waals surface area contributed by atoms with E-state index < -0.39 is 0 Å². The molecule has 0 aromatic carbocycles. The molecule has 0 aliphatic carbocycles. The molecule has 1 aliphatic rings. The maximum Gasteiger partial charge on any atom is 0.0972 e. The third kappa shape index (κ3) is 2.55. The quantitative estimate of drug-likeness (QED) is 0.440. The highest BCUT2D eigenvalue weighted by atomic mass is 35.5. The molecule has 1 nitrogen and oxygen atoms in total. The van der Waals surface area contributed by atoms with Gasteiger partial charge in [0.05, 0.1) is 18.1 Å². The van der Waals surface area contributed by atoms with Gasteiger partial charge >= 0.3 is 0 Å². The summed E-state index contributed by atoms with van der Waals surface area (Å²) in [5, 5.41) is 0.282. The second kappa shape index (κ2) is 3.43. The van der Waals surface area contributed by atoms with Crippen LogP contribution in [-0.2, 0) is 4.74 Å². The molecule has 2 unspecified atom stereocenters. The van der Waals surface area contributed by atoms with E-state index in [4.69, 9.17) is 16.3 Å². The van der Waals surface area contributed by atoms with Gasteiger partial charge in [-0.05, 0) is 6.42 Å². The molecule has 0 aromatic rings. The number of rotatable bonds is 4. The van der Waals surface area contributed by atoms with Crippen molar-refractivity contribution in [2.45, 2.75) is 37.7 Å². The number of ether oxygens (including phenoxy) is 1. The zero-order valence-electron chi connectivity index (χ0n) is 5.77. The van der Waals surface area contributed by atoms with E-state index in [9.17, 15) is 0 Å². The fourth-order valence-corrected chi connectivity index (χ4v) is 1.15. The van der Waals surface area contributed by atoms with Crippen LogP contribution in [0.3, 0.4) is 0 Å². The smallest absolute Gasteiger partial charge is 0.0972 e.